The highest BCUT2D eigenvalue weighted by atomic mass is 32.2. The molecule has 26 heavy (non-hydrogen) atoms. The lowest BCUT2D eigenvalue weighted by atomic mass is 10.1. The van der Waals surface area contributed by atoms with Crippen molar-refractivity contribution < 1.29 is 22.7 Å². The summed E-state index contributed by atoms with van der Waals surface area (Å²) in [5, 5.41) is 8.84. The predicted octanol–water partition coefficient (Wildman–Crippen LogP) is 1.86. The van der Waals surface area contributed by atoms with Crippen molar-refractivity contribution in [3.05, 3.63) is 71.3 Å². The third-order valence-electron chi connectivity index (χ3n) is 3.26. The molecule has 0 aromatic heterocycles. The van der Waals surface area contributed by atoms with Gasteiger partial charge in [-0.05, 0) is 35.9 Å². The van der Waals surface area contributed by atoms with Gasteiger partial charge in [0, 0.05) is 6.08 Å². The fourth-order valence-corrected chi connectivity index (χ4v) is 3.23. The summed E-state index contributed by atoms with van der Waals surface area (Å²) in [5.41, 5.74) is 0.791. The predicted molar refractivity (Wildman–Crippen MR) is 93.3 cm³/mol. The Labute approximate surface area is 150 Å². The Kier molecular flexibility index (Phi) is 5.88. The van der Waals surface area contributed by atoms with E-state index in [0.717, 1.165) is 13.2 Å². The molecule has 0 radical (unpaired) electrons. The second kappa shape index (κ2) is 8.09. The molecule has 0 spiro atoms. The first-order valence-electron chi connectivity index (χ1n) is 7.30. The summed E-state index contributed by atoms with van der Waals surface area (Å²) in [7, 11) is -3.14. The number of hydrogen-bond acceptors (Lipinski definition) is 6. The van der Waals surface area contributed by atoms with Gasteiger partial charge in [0.25, 0.3) is 15.9 Å². The van der Waals surface area contributed by atoms with E-state index in [2.05, 4.69) is 4.74 Å². The number of nitriles is 1. The topological polar surface area (TPSA) is 113 Å². The standard InChI is InChI=1S/C18H14N2O5S/c1-25-18(22)15-7-2-3-8-16(15)26(23,24)20-17(21)10-9-13-5-4-6-14(11-13)12-19/h2-11H,1H3,(H,20,21). The quantitative estimate of drug-likeness (QED) is 0.635. The van der Waals surface area contributed by atoms with Crippen LogP contribution in [0.3, 0.4) is 0 Å². The molecule has 0 aliphatic rings. The number of carbonyl (C=O) groups is 2. The second-order valence-corrected chi connectivity index (χ2v) is 6.68. The minimum Gasteiger partial charge on any atom is -0.465 e. The maximum atomic E-state index is 12.4. The van der Waals surface area contributed by atoms with E-state index in [0.29, 0.717) is 11.1 Å². The van der Waals surface area contributed by atoms with Crippen molar-refractivity contribution in [3.63, 3.8) is 0 Å². The largest absolute Gasteiger partial charge is 0.465 e. The summed E-state index contributed by atoms with van der Waals surface area (Å²) in [5.74, 6) is -1.73. The van der Waals surface area contributed by atoms with Gasteiger partial charge in [-0.2, -0.15) is 5.26 Å². The minimum absolute atomic E-state index is 0.180. The first-order chi connectivity index (χ1) is 12.4. The van der Waals surface area contributed by atoms with Gasteiger partial charge in [-0.15, -0.1) is 0 Å². The normalized spacial score (nSPS) is 10.9. The Bertz CT molecular complexity index is 1020. The average molecular weight is 370 g/mol. The van der Waals surface area contributed by atoms with Gasteiger partial charge in [-0.1, -0.05) is 24.3 Å². The number of nitrogens with one attached hydrogen (secondary N) is 1. The van der Waals surface area contributed by atoms with Crippen LogP contribution in [0, 0.1) is 11.3 Å². The fraction of sp³-hybridized carbons (Fsp3) is 0.0556. The maximum Gasteiger partial charge on any atom is 0.339 e. The Morgan fingerprint density at radius 3 is 2.58 bits per heavy atom. The zero-order valence-corrected chi connectivity index (χ0v) is 14.5. The molecule has 0 unspecified atom stereocenters. The molecular weight excluding hydrogens is 356 g/mol. The highest BCUT2D eigenvalue weighted by Crippen LogP contribution is 2.16. The SMILES string of the molecule is COC(=O)c1ccccc1S(=O)(=O)NC(=O)C=Cc1cccc(C#N)c1. The highest BCUT2D eigenvalue weighted by molar-refractivity contribution is 7.90. The highest BCUT2D eigenvalue weighted by Gasteiger charge is 2.23. The van der Waals surface area contributed by atoms with Crippen LogP contribution in [0.15, 0.2) is 59.5 Å². The Balaban J connectivity index is 2.22. The third-order valence-corrected chi connectivity index (χ3v) is 4.66. The molecule has 1 amide bonds. The summed E-state index contributed by atoms with van der Waals surface area (Å²) in [6.45, 7) is 0. The van der Waals surface area contributed by atoms with Crippen LogP contribution in [0.25, 0.3) is 6.08 Å². The van der Waals surface area contributed by atoms with E-state index in [-0.39, 0.29) is 10.5 Å². The van der Waals surface area contributed by atoms with Crippen LogP contribution in [0.2, 0.25) is 0 Å². The molecule has 0 saturated heterocycles. The summed E-state index contributed by atoms with van der Waals surface area (Å²) >= 11 is 0. The zero-order chi connectivity index (χ0) is 19.2. The van der Waals surface area contributed by atoms with E-state index in [4.69, 9.17) is 5.26 Å². The minimum atomic E-state index is -4.27. The summed E-state index contributed by atoms with van der Waals surface area (Å²) < 4.78 is 31.2. The van der Waals surface area contributed by atoms with E-state index < -0.39 is 21.9 Å². The number of amides is 1. The third kappa shape index (κ3) is 4.55. The fourth-order valence-electron chi connectivity index (χ4n) is 2.08. The number of carbonyl (C=O) groups excluding carboxylic acids is 2. The molecule has 0 atom stereocenters. The molecule has 0 bridgehead atoms. The lowest BCUT2D eigenvalue weighted by Crippen LogP contribution is -2.30. The number of ether oxygens (including phenoxy) is 1. The van der Waals surface area contributed by atoms with Crippen LogP contribution in [0.1, 0.15) is 21.5 Å². The van der Waals surface area contributed by atoms with Gasteiger partial charge < -0.3 is 4.74 Å². The lowest BCUT2D eigenvalue weighted by Gasteiger charge is -2.09. The van der Waals surface area contributed by atoms with Crippen LogP contribution in [-0.2, 0) is 19.6 Å². The number of methoxy groups -OCH3 is 1. The van der Waals surface area contributed by atoms with Crippen molar-refractivity contribution in [3.8, 4) is 6.07 Å². The molecule has 0 fully saturated rings. The molecular formula is C18H14N2O5S. The molecule has 0 saturated carbocycles. The first-order valence-corrected chi connectivity index (χ1v) is 8.78. The number of esters is 1. The summed E-state index contributed by atoms with van der Waals surface area (Å²) in [4.78, 5) is 23.3. The number of nitrogens with zero attached hydrogens (tertiary/aromatic N) is 1. The Morgan fingerprint density at radius 2 is 1.88 bits per heavy atom. The number of benzene rings is 2. The first kappa shape index (κ1) is 18.9. The molecule has 2 aromatic rings. The van der Waals surface area contributed by atoms with Gasteiger partial charge in [-0.3, -0.25) is 4.79 Å². The Hall–Kier alpha value is -3.44. The molecule has 8 heteroatoms. The van der Waals surface area contributed by atoms with Crippen LogP contribution >= 0.6 is 0 Å². The van der Waals surface area contributed by atoms with Crippen molar-refractivity contribution in [2.45, 2.75) is 4.90 Å². The monoisotopic (exact) mass is 370 g/mol. The smallest absolute Gasteiger partial charge is 0.339 e. The number of rotatable bonds is 5. The van der Waals surface area contributed by atoms with Crippen LogP contribution in [0.4, 0.5) is 0 Å². The van der Waals surface area contributed by atoms with Gasteiger partial charge in [-0.25, -0.2) is 17.9 Å². The van der Waals surface area contributed by atoms with Crippen LogP contribution < -0.4 is 4.72 Å². The van der Waals surface area contributed by atoms with E-state index >= 15 is 0 Å². The van der Waals surface area contributed by atoms with Gasteiger partial charge in [0.05, 0.1) is 24.3 Å². The van der Waals surface area contributed by atoms with Gasteiger partial charge in [0.2, 0.25) is 0 Å². The van der Waals surface area contributed by atoms with Crippen LogP contribution in [0.5, 0.6) is 0 Å². The van der Waals surface area contributed by atoms with Gasteiger partial charge in [0.1, 0.15) is 4.90 Å². The molecule has 132 valence electrons. The van der Waals surface area contributed by atoms with Gasteiger partial charge in [0.15, 0.2) is 0 Å². The van der Waals surface area contributed by atoms with Crippen molar-refractivity contribution in [2.24, 2.45) is 0 Å². The number of sulfonamides is 1. The lowest BCUT2D eigenvalue weighted by molar-refractivity contribution is -0.114. The zero-order valence-electron chi connectivity index (χ0n) is 13.7. The molecule has 0 heterocycles. The maximum absolute atomic E-state index is 12.4. The summed E-state index contributed by atoms with van der Waals surface area (Å²) in [6.07, 6.45) is 2.40. The van der Waals surface area contributed by atoms with E-state index in [1.54, 1.807) is 24.3 Å². The van der Waals surface area contributed by atoms with Crippen molar-refractivity contribution in [1.29, 1.82) is 5.26 Å². The van der Waals surface area contributed by atoms with Gasteiger partial charge >= 0.3 is 5.97 Å². The number of hydrogen-bond donors (Lipinski definition) is 1. The Morgan fingerprint density at radius 1 is 1.15 bits per heavy atom. The second-order valence-electron chi connectivity index (χ2n) is 5.03. The van der Waals surface area contributed by atoms with Crippen molar-refractivity contribution >= 4 is 28.0 Å². The average Bonchev–Trinajstić information content (AvgIpc) is 2.65. The molecule has 2 rings (SSSR count). The molecule has 0 aliphatic heterocycles. The molecule has 0 aliphatic carbocycles. The van der Waals surface area contributed by atoms with Crippen molar-refractivity contribution in [2.75, 3.05) is 7.11 Å². The van der Waals surface area contributed by atoms with Crippen molar-refractivity contribution in [1.82, 2.24) is 4.72 Å². The molecule has 2 aromatic carbocycles. The van der Waals surface area contributed by atoms with E-state index in [9.17, 15) is 18.0 Å². The van der Waals surface area contributed by atoms with E-state index in [1.807, 2.05) is 10.8 Å². The van der Waals surface area contributed by atoms with Crippen LogP contribution in [-0.4, -0.2) is 27.4 Å². The molecule has 7 nitrogen and oxygen atoms in total. The molecule has 1 N–H and O–H groups in total. The van der Waals surface area contributed by atoms with E-state index in [1.165, 1.54) is 30.3 Å². The summed E-state index contributed by atoms with van der Waals surface area (Å²) in [6, 6.07) is 13.8.